The molecule has 0 fully saturated rings. The van der Waals surface area contributed by atoms with Gasteiger partial charge in [0.2, 0.25) is 0 Å². The molecule has 0 saturated heterocycles. The molecule has 0 amide bonds. The van der Waals surface area contributed by atoms with Crippen molar-refractivity contribution in [3.63, 3.8) is 0 Å². The predicted molar refractivity (Wildman–Crippen MR) is 65.2 cm³/mol. The zero-order valence-corrected chi connectivity index (χ0v) is 11.9. The van der Waals surface area contributed by atoms with Crippen LogP contribution in [-0.2, 0) is 10.8 Å². The molecule has 1 aromatic rings. The maximum absolute atomic E-state index is 2.32. The van der Waals surface area contributed by atoms with Crippen LogP contribution < -0.4 is 0 Å². The van der Waals surface area contributed by atoms with Gasteiger partial charge in [-0.25, -0.2) is 0 Å². The van der Waals surface area contributed by atoms with Crippen molar-refractivity contribution in [2.45, 2.75) is 52.4 Å². The van der Waals surface area contributed by atoms with Gasteiger partial charge in [-0.3, -0.25) is 0 Å². The monoisotopic (exact) mass is 257 g/mol. The van der Waals surface area contributed by atoms with Gasteiger partial charge >= 0.3 is 93.9 Å². The molecule has 0 aliphatic heterocycles. The molecule has 0 spiro atoms. The van der Waals surface area contributed by atoms with Crippen molar-refractivity contribution in [1.29, 1.82) is 0 Å². The molecule has 0 aliphatic carbocycles. The van der Waals surface area contributed by atoms with Crippen molar-refractivity contribution >= 4 is 14.5 Å². The molecule has 78 valence electrons. The Morgan fingerprint density at radius 2 is 1.50 bits per heavy atom. The van der Waals surface area contributed by atoms with E-state index in [0.29, 0.717) is 19.9 Å². The van der Waals surface area contributed by atoms with E-state index < -0.39 is 0 Å². The molecule has 0 N–H and O–H groups in total. The maximum atomic E-state index is 2.32. The fourth-order valence-electron chi connectivity index (χ4n) is 1.55. The summed E-state index contributed by atoms with van der Waals surface area (Å²) in [5.41, 5.74) is 2.16. The summed E-state index contributed by atoms with van der Waals surface area (Å²) in [6.45, 7) is 13.9. The van der Waals surface area contributed by atoms with Crippen LogP contribution >= 0.6 is 0 Å². The first kappa shape index (κ1) is 11.9. The van der Waals surface area contributed by atoms with Crippen molar-refractivity contribution < 1.29 is 0 Å². The summed E-state index contributed by atoms with van der Waals surface area (Å²) in [4.78, 5) is 2.32. The third-order valence-corrected chi connectivity index (χ3v) is 5.12. The second-order valence-electron chi connectivity index (χ2n) is 5.86. The summed E-state index contributed by atoms with van der Waals surface area (Å²) in [7, 11) is 0. The van der Waals surface area contributed by atoms with Crippen molar-refractivity contribution in [1.82, 2.24) is 0 Å². The summed E-state index contributed by atoms with van der Waals surface area (Å²) >= 11 is 0.551. The van der Waals surface area contributed by atoms with Gasteiger partial charge in [-0.05, 0) is 0 Å². The molecular weight excluding hydrogens is 235 g/mol. The van der Waals surface area contributed by atoms with Crippen LogP contribution in [0.15, 0.2) is 17.1 Å². The van der Waals surface area contributed by atoms with Crippen LogP contribution in [0.5, 0.6) is 0 Å². The Morgan fingerprint density at radius 3 is 1.86 bits per heavy atom. The van der Waals surface area contributed by atoms with Gasteiger partial charge in [-0.15, -0.1) is 0 Å². The first-order valence-corrected chi connectivity index (χ1v) is 6.99. The Morgan fingerprint density at radius 1 is 0.929 bits per heavy atom. The van der Waals surface area contributed by atoms with E-state index in [2.05, 4.69) is 58.6 Å². The van der Waals surface area contributed by atoms with Crippen LogP contribution in [0.3, 0.4) is 0 Å². The van der Waals surface area contributed by atoms with Crippen molar-refractivity contribution in [3.05, 3.63) is 27.1 Å². The SMILES string of the molecule is CC(C)(C)c1ccc[se+]c1C(C)(C)C. The zero-order chi connectivity index (χ0) is 11.0. The van der Waals surface area contributed by atoms with Gasteiger partial charge in [0.15, 0.2) is 0 Å². The number of rotatable bonds is 0. The fourth-order valence-corrected chi connectivity index (χ4v) is 3.96. The van der Waals surface area contributed by atoms with Gasteiger partial charge < -0.3 is 0 Å². The van der Waals surface area contributed by atoms with E-state index in [-0.39, 0.29) is 5.41 Å². The predicted octanol–water partition coefficient (Wildman–Crippen LogP) is 3.62. The van der Waals surface area contributed by atoms with Crippen molar-refractivity contribution in [2.24, 2.45) is 0 Å². The van der Waals surface area contributed by atoms with Crippen LogP contribution in [0.4, 0.5) is 0 Å². The Labute approximate surface area is 94.1 Å². The van der Waals surface area contributed by atoms with Crippen molar-refractivity contribution in [2.75, 3.05) is 0 Å². The van der Waals surface area contributed by atoms with Gasteiger partial charge in [0.05, 0.1) is 0 Å². The Kier molecular flexibility index (Phi) is 3.23. The molecule has 1 heteroatoms. The van der Waals surface area contributed by atoms with Crippen LogP contribution in [0, 0.1) is 0 Å². The quantitative estimate of drug-likeness (QED) is 0.622. The molecule has 0 nitrogen and oxygen atoms in total. The second-order valence-corrected chi connectivity index (χ2v) is 7.78. The van der Waals surface area contributed by atoms with E-state index >= 15 is 0 Å². The molecule has 1 aromatic heterocycles. The summed E-state index contributed by atoms with van der Waals surface area (Å²) in [6.07, 6.45) is 0. The third-order valence-electron chi connectivity index (χ3n) is 2.26. The molecule has 0 radical (unpaired) electrons. The fraction of sp³-hybridized carbons (Fsp3) is 0.615. The topological polar surface area (TPSA) is 0 Å². The van der Waals surface area contributed by atoms with Crippen molar-refractivity contribution in [3.8, 4) is 0 Å². The average Bonchev–Trinajstić information content (AvgIpc) is 2.01. The number of hydrogen-bond acceptors (Lipinski definition) is 0. The summed E-state index contributed by atoms with van der Waals surface area (Å²) in [5, 5.41) is 0. The summed E-state index contributed by atoms with van der Waals surface area (Å²) in [6, 6.07) is 4.52. The molecule has 14 heavy (non-hydrogen) atoms. The van der Waals surface area contributed by atoms with E-state index in [9.17, 15) is 0 Å². The van der Waals surface area contributed by atoms with Gasteiger partial charge in [-0.1, -0.05) is 0 Å². The van der Waals surface area contributed by atoms with Gasteiger partial charge in [0.1, 0.15) is 0 Å². The molecule has 0 saturated carbocycles. The average molecular weight is 256 g/mol. The van der Waals surface area contributed by atoms with Gasteiger partial charge in [0.25, 0.3) is 0 Å². The Bertz CT molecular complexity index is 280. The standard InChI is InChI=1S/C13H21Se/c1-12(2,3)10-8-7-9-14-11(10)13(4,5)6/h7-9H,1-6H3/q+1. The second kappa shape index (κ2) is 3.79. The molecule has 0 unspecified atom stereocenters. The van der Waals surface area contributed by atoms with E-state index in [0.717, 1.165) is 0 Å². The van der Waals surface area contributed by atoms with E-state index in [1.54, 1.807) is 10.0 Å². The van der Waals surface area contributed by atoms with Crippen LogP contribution in [0.25, 0.3) is 0 Å². The summed E-state index contributed by atoms with van der Waals surface area (Å²) < 4.78 is 1.65. The van der Waals surface area contributed by atoms with E-state index in [1.165, 1.54) is 0 Å². The van der Waals surface area contributed by atoms with Crippen LogP contribution in [0.2, 0.25) is 0 Å². The van der Waals surface area contributed by atoms with E-state index in [1.807, 2.05) is 0 Å². The molecule has 0 bridgehead atoms. The van der Waals surface area contributed by atoms with Crippen LogP contribution in [0.1, 0.15) is 51.5 Å². The molecule has 1 heterocycles. The molecular formula is C13H21Se+. The van der Waals surface area contributed by atoms with E-state index in [4.69, 9.17) is 0 Å². The molecule has 0 aromatic carbocycles. The first-order chi connectivity index (χ1) is 6.23. The van der Waals surface area contributed by atoms with Gasteiger partial charge in [0, 0.05) is 0 Å². The number of hydrogen-bond donors (Lipinski definition) is 0. The summed E-state index contributed by atoms with van der Waals surface area (Å²) in [5.74, 6) is 0. The minimum absolute atomic E-state index is 0.287. The first-order valence-electron chi connectivity index (χ1n) is 5.15. The Balaban J connectivity index is 3.31. The normalized spacial score (nSPS) is 13.0. The molecule has 1 rings (SSSR count). The third kappa shape index (κ3) is 2.68. The van der Waals surface area contributed by atoms with Gasteiger partial charge in [-0.2, -0.15) is 0 Å². The zero-order valence-electron chi connectivity index (χ0n) is 10.1. The minimum atomic E-state index is 0.287. The van der Waals surface area contributed by atoms with Crippen LogP contribution in [-0.4, -0.2) is 14.5 Å². The molecule has 0 atom stereocenters. The Hall–Kier alpha value is -0.131. The molecule has 0 aliphatic rings.